The molecule has 4 aromatic rings. The molecule has 0 aliphatic rings. The number of ether oxygens (including phenoxy) is 2. The first-order valence-corrected chi connectivity index (χ1v) is 12.1. The molecule has 0 spiro atoms. The Balaban J connectivity index is 1.55. The van der Waals surface area contributed by atoms with Crippen molar-refractivity contribution in [3.05, 3.63) is 89.7 Å². The third kappa shape index (κ3) is 6.02. The summed E-state index contributed by atoms with van der Waals surface area (Å²) in [7, 11) is 1.63. The van der Waals surface area contributed by atoms with Crippen LogP contribution in [0.1, 0.15) is 23.9 Å². The molecule has 7 nitrogen and oxygen atoms in total. The van der Waals surface area contributed by atoms with E-state index >= 15 is 0 Å². The number of nitrogens with zero attached hydrogens (tertiary/aromatic N) is 3. The molecule has 180 valence electrons. The first-order chi connectivity index (χ1) is 16.9. The van der Waals surface area contributed by atoms with Crippen molar-refractivity contribution in [2.75, 3.05) is 12.4 Å². The summed E-state index contributed by atoms with van der Waals surface area (Å²) in [4.78, 5) is 12.9. The Bertz CT molecular complexity index is 1290. The standard InChI is InChI=1S/C27H28N4O3S/c1-18-9-11-21(12-10-18)31-25(17-34-23-15-13-22(33-4)14-16-23)29-30-27(31)35-20(3)26(32)28-24-8-6-5-7-19(24)2/h5-16,20H,17H2,1-4H3,(H,28,32)/t20-/m0/s1. The van der Waals surface area contributed by atoms with Gasteiger partial charge in [-0.25, -0.2) is 0 Å². The molecule has 0 radical (unpaired) electrons. The van der Waals surface area contributed by atoms with Gasteiger partial charge in [0.15, 0.2) is 11.0 Å². The van der Waals surface area contributed by atoms with Gasteiger partial charge in [0, 0.05) is 11.4 Å². The molecule has 0 aliphatic carbocycles. The van der Waals surface area contributed by atoms with Crippen molar-refractivity contribution >= 4 is 23.4 Å². The molecule has 0 bridgehead atoms. The molecule has 0 saturated heterocycles. The largest absolute Gasteiger partial charge is 0.497 e. The molecule has 3 aromatic carbocycles. The lowest BCUT2D eigenvalue weighted by molar-refractivity contribution is -0.115. The summed E-state index contributed by atoms with van der Waals surface area (Å²) in [5.74, 6) is 2.00. The first kappa shape index (κ1) is 24.3. The lowest BCUT2D eigenvalue weighted by Crippen LogP contribution is -2.23. The third-order valence-electron chi connectivity index (χ3n) is 5.47. The van der Waals surface area contributed by atoms with Crippen molar-refractivity contribution in [1.82, 2.24) is 14.8 Å². The highest BCUT2D eigenvalue weighted by molar-refractivity contribution is 8.00. The Kier molecular flexibility index (Phi) is 7.72. The topological polar surface area (TPSA) is 78.3 Å². The summed E-state index contributed by atoms with van der Waals surface area (Å²) < 4.78 is 13.1. The zero-order chi connectivity index (χ0) is 24.8. The molecule has 0 saturated carbocycles. The number of nitrogens with one attached hydrogen (secondary N) is 1. The fourth-order valence-electron chi connectivity index (χ4n) is 3.40. The number of amides is 1. The van der Waals surface area contributed by atoms with E-state index in [1.165, 1.54) is 11.8 Å². The second-order valence-corrected chi connectivity index (χ2v) is 9.41. The van der Waals surface area contributed by atoms with Crippen LogP contribution in [0.3, 0.4) is 0 Å². The number of aryl methyl sites for hydroxylation is 2. The number of methoxy groups -OCH3 is 1. The molecule has 0 fully saturated rings. The number of benzene rings is 3. The maximum Gasteiger partial charge on any atom is 0.237 e. The van der Waals surface area contributed by atoms with Gasteiger partial charge >= 0.3 is 0 Å². The number of rotatable bonds is 9. The molecule has 1 N–H and O–H groups in total. The fraction of sp³-hybridized carbons (Fsp3) is 0.222. The number of para-hydroxylation sites is 1. The maximum atomic E-state index is 12.9. The average molecular weight is 489 g/mol. The molecular formula is C27H28N4O3S. The van der Waals surface area contributed by atoms with E-state index in [-0.39, 0.29) is 12.5 Å². The Morgan fingerprint density at radius 2 is 1.66 bits per heavy atom. The van der Waals surface area contributed by atoms with Crippen molar-refractivity contribution in [2.45, 2.75) is 37.8 Å². The van der Waals surface area contributed by atoms with Gasteiger partial charge in [0.05, 0.1) is 12.4 Å². The smallest absolute Gasteiger partial charge is 0.237 e. The van der Waals surface area contributed by atoms with Crippen LogP contribution in [0.4, 0.5) is 5.69 Å². The minimum absolute atomic E-state index is 0.0983. The Morgan fingerprint density at radius 3 is 2.34 bits per heavy atom. The van der Waals surface area contributed by atoms with E-state index in [0.29, 0.717) is 16.7 Å². The van der Waals surface area contributed by atoms with E-state index in [1.807, 2.05) is 98.1 Å². The quantitative estimate of drug-likeness (QED) is 0.310. The highest BCUT2D eigenvalue weighted by Gasteiger charge is 2.22. The monoisotopic (exact) mass is 488 g/mol. The van der Waals surface area contributed by atoms with Crippen LogP contribution in [0.15, 0.2) is 78.0 Å². The lowest BCUT2D eigenvalue weighted by Gasteiger charge is -2.15. The van der Waals surface area contributed by atoms with E-state index in [1.54, 1.807) is 7.11 Å². The number of thioether (sulfide) groups is 1. The van der Waals surface area contributed by atoms with Gasteiger partial charge in [-0.3, -0.25) is 9.36 Å². The Hall–Kier alpha value is -3.78. The van der Waals surface area contributed by atoms with E-state index < -0.39 is 5.25 Å². The summed E-state index contributed by atoms with van der Waals surface area (Å²) in [6, 6.07) is 23.2. The van der Waals surface area contributed by atoms with Crippen LogP contribution in [-0.2, 0) is 11.4 Å². The van der Waals surface area contributed by atoms with Crippen LogP contribution in [0, 0.1) is 13.8 Å². The second kappa shape index (κ2) is 11.1. The summed E-state index contributed by atoms with van der Waals surface area (Å²) >= 11 is 1.36. The second-order valence-electron chi connectivity index (χ2n) is 8.10. The third-order valence-corrected chi connectivity index (χ3v) is 6.52. The van der Waals surface area contributed by atoms with E-state index in [0.717, 1.165) is 28.3 Å². The van der Waals surface area contributed by atoms with Crippen molar-refractivity contribution in [3.8, 4) is 17.2 Å². The van der Waals surface area contributed by atoms with Crippen molar-refractivity contribution in [2.24, 2.45) is 0 Å². The molecule has 1 amide bonds. The van der Waals surface area contributed by atoms with Crippen LogP contribution >= 0.6 is 11.8 Å². The molecule has 0 unspecified atom stereocenters. The summed E-state index contributed by atoms with van der Waals surface area (Å²) in [6.07, 6.45) is 0. The van der Waals surface area contributed by atoms with Crippen molar-refractivity contribution in [1.29, 1.82) is 0 Å². The van der Waals surface area contributed by atoms with Crippen LogP contribution in [0.25, 0.3) is 5.69 Å². The SMILES string of the molecule is COc1ccc(OCc2nnc(S[C@@H](C)C(=O)Nc3ccccc3C)n2-c2ccc(C)cc2)cc1. The summed E-state index contributed by atoms with van der Waals surface area (Å²) in [5, 5.41) is 12.0. The number of hydrogen-bond acceptors (Lipinski definition) is 6. The molecule has 8 heteroatoms. The maximum absolute atomic E-state index is 12.9. The van der Waals surface area contributed by atoms with Crippen LogP contribution in [0.5, 0.6) is 11.5 Å². The van der Waals surface area contributed by atoms with Gasteiger partial charge in [-0.05, 0) is 68.8 Å². The fourth-order valence-corrected chi connectivity index (χ4v) is 4.29. The predicted molar refractivity (Wildman–Crippen MR) is 139 cm³/mol. The summed E-state index contributed by atoms with van der Waals surface area (Å²) in [6.45, 7) is 6.09. The number of aromatic nitrogens is 3. The normalized spacial score (nSPS) is 11.7. The van der Waals surface area contributed by atoms with Gasteiger partial charge in [0.25, 0.3) is 0 Å². The molecule has 1 atom stereocenters. The number of carbonyl (C=O) groups is 1. The molecule has 0 aliphatic heterocycles. The molecule has 35 heavy (non-hydrogen) atoms. The highest BCUT2D eigenvalue weighted by Crippen LogP contribution is 2.28. The summed E-state index contributed by atoms with van der Waals surface area (Å²) in [5.41, 5.74) is 3.87. The number of anilines is 1. The van der Waals surface area contributed by atoms with Crippen LogP contribution in [-0.4, -0.2) is 33.0 Å². The zero-order valence-electron chi connectivity index (χ0n) is 20.2. The minimum Gasteiger partial charge on any atom is -0.497 e. The zero-order valence-corrected chi connectivity index (χ0v) is 21.0. The molecule has 1 heterocycles. The molecule has 4 rings (SSSR count). The van der Waals surface area contributed by atoms with Crippen LogP contribution in [0.2, 0.25) is 0 Å². The highest BCUT2D eigenvalue weighted by atomic mass is 32.2. The van der Waals surface area contributed by atoms with Crippen LogP contribution < -0.4 is 14.8 Å². The van der Waals surface area contributed by atoms with Crippen molar-refractivity contribution < 1.29 is 14.3 Å². The molecular weight excluding hydrogens is 460 g/mol. The van der Waals surface area contributed by atoms with Gasteiger partial charge in [-0.2, -0.15) is 0 Å². The number of hydrogen-bond donors (Lipinski definition) is 1. The number of carbonyl (C=O) groups excluding carboxylic acids is 1. The average Bonchev–Trinajstić information content (AvgIpc) is 3.27. The predicted octanol–water partition coefficient (Wildman–Crippen LogP) is 5.59. The van der Waals surface area contributed by atoms with E-state index in [9.17, 15) is 4.79 Å². The van der Waals surface area contributed by atoms with Crippen molar-refractivity contribution in [3.63, 3.8) is 0 Å². The van der Waals surface area contributed by atoms with E-state index in [4.69, 9.17) is 9.47 Å². The van der Waals surface area contributed by atoms with Gasteiger partial charge in [-0.1, -0.05) is 47.7 Å². The Morgan fingerprint density at radius 1 is 0.971 bits per heavy atom. The van der Waals surface area contributed by atoms with E-state index in [2.05, 4.69) is 15.5 Å². The van der Waals surface area contributed by atoms with Gasteiger partial charge in [-0.15, -0.1) is 10.2 Å². The van der Waals surface area contributed by atoms with Gasteiger partial charge in [0.2, 0.25) is 5.91 Å². The van der Waals surface area contributed by atoms with Gasteiger partial charge in [0.1, 0.15) is 18.1 Å². The minimum atomic E-state index is -0.390. The Labute approximate surface area is 209 Å². The first-order valence-electron chi connectivity index (χ1n) is 11.3. The molecule has 1 aromatic heterocycles. The lowest BCUT2D eigenvalue weighted by atomic mass is 10.2. The van der Waals surface area contributed by atoms with Gasteiger partial charge < -0.3 is 14.8 Å².